The van der Waals surface area contributed by atoms with Crippen LogP contribution in [0.15, 0.2) is 6.07 Å². The van der Waals surface area contributed by atoms with Crippen LogP contribution in [0.25, 0.3) is 10.2 Å². The summed E-state index contributed by atoms with van der Waals surface area (Å²) in [7, 11) is 1.82. The third-order valence-electron chi connectivity index (χ3n) is 5.55. The van der Waals surface area contributed by atoms with Gasteiger partial charge in [0.1, 0.15) is 10.7 Å². The number of methoxy groups -OCH3 is 1. The number of nitrogens with zero attached hydrogens (tertiary/aromatic N) is 3. The molecule has 24 heavy (non-hydrogen) atoms. The molecule has 0 amide bonds. The molecule has 1 saturated heterocycles. The van der Waals surface area contributed by atoms with E-state index >= 15 is 0 Å². The van der Waals surface area contributed by atoms with Crippen LogP contribution in [0.2, 0.25) is 0 Å². The van der Waals surface area contributed by atoms with Crippen LogP contribution in [0.3, 0.4) is 0 Å². The van der Waals surface area contributed by atoms with E-state index in [0.29, 0.717) is 6.10 Å². The van der Waals surface area contributed by atoms with E-state index in [4.69, 9.17) is 14.7 Å². The zero-order valence-electron chi connectivity index (χ0n) is 14.8. The van der Waals surface area contributed by atoms with Crippen molar-refractivity contribution < 1.29 is 4.74 Å². The van der Waals surface area contributed by atoms with Crippen molar-refractivity contribution >= 4 is 21.6 Å². The molecule has 4 nitrogen and oxygen atoms in total. The molecule has 1 saturated carbocycles. The lowest BCUT2D eigenvalue weighted by molar-refractivity contribution is 0.107. The van der Waals surface area contributed by atoms with Crippen molar-refractivity contribution in [3.05, 3.63) is 22.5 Å². The molecule has 0 radical (unpaired) electrons. The van der Waals surface area contributed by atoms with Gasteiger partial charge in [0.05, 0.1) is 11.8 Å². The van der Waals surface area contributed by atoms with E-state index in [9.17, 15) is 0 Å². The van der Waals surface area contributed by atoms with E-state index in [1.165, 1.54) is 52.9 Å². The molecule has 2 aliphatic rings. The molecule has 5 heteroatoms. The molecule has 3 heterocycles. The molecule has 4 rings (SSSR count). The molecule has 1 aliphatic heterocycles. The highest BCUT2D eigenvalue weighted by molar-refractivity contribution is 7.18. The molecular weight excluding hydrogens is 318 g/mol. The average Bonchev–Trinajstić information content (AvgIpc) is 3.22. The van der Waals surface area contributed by atoms with Gasteiger partial charge in [-0.05, 0) is 38.2 Å². The minimum atomic E-state index is 0.378. The van der Waals surface area contributed by atoms with E-state index in [1.807, 2.05) is 25.4 Å². The Morgan fingerprint density at radius 1 is 1.21 bits per heavy atom. The molecule has 0 N–H and O–H groups in total. The van der Waals surface area contributed by atoms with Crippen LogP contribution in [0.5, 0.6) is 0 Å². The standard InChI is InChI=1S/C19H27N3OS/c1-13-20-17(12-22-9-8-15(11-22)23-2)16-10-18(24-19(16)21-13)14-6-4-3-5-7-14/h10,14-15H,3-9,11-12H2,1-2H3/t15-/m0/s1. The van der Waals surface area contributed by atoms with Crippen molar-refractivity contribution in [2.24, 2.45) is 0 Å². The lowest BCUT2D eigenvalue weighted by Gasteiger charge is -2.19. The largest absolute Gasteiger partial charge is 0.380 e. The van der Waals surface area contributed by atoms with Gasteiger partial charge in [0.15, 0.2) is 0 Å². The molecule has 1 aliphatic carbocycles. The van der Waals surface area contributed by atoms with Crippen molar-refractivity contribution in [1.82, 2.24) is 14.9 Å². The van der Waals surface area contributed by atoms with Crippen molar-refractivity contribution in [1.29, 1.82) is 0 Å². The highest BCUT2D eigenvalue weighted by Crippen LogP contribution is 2.39. The van der Waals surface area contributed by atoms with Gasteiger partial charge in [-0.25, -0.2) is 9.97 Å². The number of thiophene rings is 1. The quantitative estimate of drug-likeness (QED) is 0.829. The summed E-state index contributed by atoms with van der Waals surface area (Å²) < 4.78 is 5.50. The van der Waals surface area contributed by atoms with Gasteiger partial charge in [-0.15, -0.1) is 11.3 Å². The van der Waals surface area contributed by atoms with E-state index < -0.39 is 0 Å². The van der Waals surface area contributed by atoms with Gasteiger partial charge in [-0.1, -0.05) is 19.3 Å². The van der Waals surface area contributed by atoms with Crippen LogP contribution in [0.4, 0.5) is 0 Å². The fraction of sp³-hybridized carbons (Fsp3) is 0.684. The summed E-state index contributed by atoms with van der Waals surface area (Å²) in [4.78, 5) is 14.7. The summed E-state index contributed by atoms with van der Waals surface area (Å²) in [5.74, 6) is 1.65. The first-order valence-corrected chi connectivity index (χ1v) is 10.1. The Labute approximate surface area is 148 Å². The third kappa shape index (κ3) is 3.35. The fourth-order valence-corrected chi connectivity index (χ4v) is 5.44. The predicted molar refractivity (Wildman–Crippen MR) is 98.7 cm³/mol. The Balaban J connectivity index is 1.61. The molecule has 2 aromatic rings. The zero-order valence-corrected chi connectivity index (χ0v) is 15.6. The Morgan fingerprint density at radius 3 is 2.79 bits per heavy atom. The number of hydrogen-bond donors (Lipinski definition) is 0. The Hall–Kier alpha value is -1.04. The highest BCUT2D eigenvalue weighted by Gasteiger charge is 2.24. The molecule has 130 valence electrons. The lowest BCUT2D eigenvalue weighted by Crippen LogP contribution is -2.23. The van der Waals surface area contributed by atoms with Crippen LogP contribution in [0.1, 0.15) is 60.8 Å². The van der Waals surface area contributed by atoms with E-state index in [1.54, 1.807) is 0 Å². The number of ether oxygens (including phenoxy) is 1. The zero-order chi connectivity index (χ0) is 16.5. The molecule has 2 fully saturated rings. The minimum absolute atomic E-state index is 0.378. The first-order valence-electron chi connectivity index (χ1n) is 9.25. The number of aryl methyl sites for hydroxylation is 1. The number of hydrogen-bond acceptors (Lipinski definition) is 5. The molecule has 1 atom stereocenters. The van der Waals surface area contributed by atoms with Crippen LogP contribution >= 0.6 is 11.3 Å². The number of likely N-dealkylation sites (tertiary alicyclic amines) is 1. The second-order valence-corrected chi connectivity index (χ2v) is 8.36. The second kappa shape index (κ2) is 7.06. The van der Waals surface area contributed by atoms with Crippen molar-refractivity contribution in [3.8, 4) is 0 Å². The van der Waals surface area contributed by atoms with E-state index in [0.717, 1.165) is 37.8 Å². The fourth-order valence-electron chi connectivity index (χ4n) is 4.17. The van der Waals surface area contributed by atoms with E-state index in [2.05, 4.69) is 11.0 Å². The number of fused-ring (bicyclic) bond motifs is 1. The first kappa shape index (κ1) is 16.4. The SMILES string of the molecule is CO[C@H]1CCN(Cc2nc(C)nc3sc(C4CCCCC4)cc23)C1. The molecular formula is C19H27N3OS. The summed E-state index contributed by atoms with van der Waals surface area (Å²) in [5, 5.41) is 1.28. The summed E-state index contributed by atoms with van der Waals surface area (Å²) in [6.45, 7) is 5.05. The average molecular weight is 346 g/mol. The molecule has 0 spiro atoms. The summed E-state index contributed by atoms with van der Waals surface area (Å²) in [6, 6.07) is 2.40. The van der Waals surface area contributed by atoms with Gasteiger partial charge in [0.2, 0.25) is 0 Å². The van der Waals surface area contributed by atoms with Crippen LogP contribution in [-0.2, 0) is 11.3 Å². The van der Waals surface area contributed by atoms with Gasteiger partial charge in [0, 0.05) is 37.0 Å². The number of aromatic nitrogens is 2. The second-order valence-electron chi connectivity index (χ2n) is 7.30. The maximum atomic E-state index is 5.50. The maximum Gasteiger partial charge on any atom is 0.127 e. The molecule has 0 bridgehead atoms. The van der Waals surface area contributed by atoms with Crippen molar-refractivity contribution in [2.45, 2.75) is 64.0 Å². The Bertz CT molecular complexity index is 708. The summed E-state index contributed by atoms with van der Waals surface area (Å²) in [5.41, 5.74) is 1.20. The number of rotatable bonds is 4. The van der Waals surface area contributed by atoms with Crippen molar-refractivity contribution in [3.63, 3.8) is 0 Å². The van der Waals surface area contributed by atoms with Crippen molar-refractivity contribution in [2.75, 3.05) is 20.2 Å². The highest BCUT2D eigenvalue weighted by atomic mass is 32.1. The Morgan fingerprint density at radius 2 is 2.04 bits per heavy atom. The molecule has 2 aromatic heterocycles. The lowest BCUT2D eigenvalue weighted by atomic mass is 9.88. The third-order valence-corrected chi connectivity index (χ3v) is 6.74. The van der Waals surface area contributed by atoms with Gasteiger partial charge < -0.3 is 4.74 Å². The summed E-state index contributed by atoms with van der Waals surface area (Å²) >= 11 is 1.90. The molecule has 0 aromatic carbocycles. The predicted octanol–water partition coefficient (Wildman–Crippen LogP) is 4.27. The van der Waals surface area contributed by atoms with E-state index in [-0.39, 0.29) is 0 Å². The minimum Gasteiger partial charge on any atom is -0.380 e. The van der Waals surface area contributed by atoms with Crippen LogP contribution in [-0.4, -0.2) is 41.2 Å². The van der Waals surface area contributed by atoms with Gasteiger partial charge in [-0.2, -0.15) is 0 Å². The smallest absolute Gasteiger partial charge is 0.127 e. The maximum absolute atomic E-state index is 5.50. The molecule has 0 unspecified atom stereocenters. The Kier molecular flexibility index (Phi) is 4.83. The first-order chi connectivity index (χ1) is 11.7. The monoisotopic (exact) mass is 345 g/mol. The van der Waals surface area contributed by atoms with Gasteiger partial charge in [-0.3, -0.25) is 4.90 Å². The normalized spacial score (nSPS) is 23.3. The van der Waals surface area contributed by atoms with Crippen LogP contribution < -0.4 is 0 Å². The van der Waals surface area contributed by atoms with Crippen LogP contribution in [0, 0.1) is 6.92 Å². The van der Waals surface area contributed by atoms with Gasteiger partial charge in [0.25, 0.3) is 0 Å². The topological polar surface area (TPSA) is 38.2 Å². The summed E-state index contributed by atoms with van der Waals surface area (Å²) in [6.07, 6.45) is 8.35. The van der Waals surface area contributed by atoms with Gasteiger partial charge >= 0.3 is 0 Å².